The molecule has 6 nitrogen and oxygen atoms in total. The van der Waals surface area contributed by atoms with Crippen molar-refractivity contribution in [3.63, 3.8) is 0 Å². The maximum absolute atomic E-state index is 13.2. The van der Waals surface area contributed by atoms with Crippen LogP contribution in [0, 0.1) is 0 Å². The molecule has 1 saturated carbocycles. The molecule has 2 unspecified atom stereocenters. The van der Waals surface area contributed by atoms with E-state index >= 15 is 0 Å². The minimum absolute atomic E-state index is 0.152. The lowest BCUT2D eigenvalue weighted by Gasteiger charge is -2.19. The molecular weight excluding hydrogens is 333 g/mol. The van der Waals surface area contributed by atoms with E-state index in [0.29, 0.717) is 28.9 Å². The maximum Gasteiger partial charge on any atom is 0.418 e. The van der Waals surface area contributed by atoms with Crippen LogP contribution in [0.25, 0.3) is 22.3 Å². The molecular formula is C16H13F3N6. The van der Waals surface area contributed by atoms with Crippen LogP contribution in [0.2, 0.25) is 0 Å². The first kappa shape index (κ1) is 14.6. The quantitative estimate of drug-likeness (QED) is 0.704. The summed E-state index contributed by atoms with van der Waals surface area (Å²) in [6, 6.07) is 2.43. The molecule has 0 aliphatic heterocycles. The molecule has 0 saturated heterocycles. The number of aromatic amines is 1. The van der Waals surface area contributed by atoms with E-state index < -0.39 is 11.7 Å². The summed E-state index contributed by atoms with van der Waals surface area (Å²) in [7, 11) is 0. The number of fused-ring (bicyclic) bond motifs is 6. The predicted octanol–water partition coefficient (Wildman–Crippen LogP) is 3.38. The van der Waals surface area contributed by atoms with Crippen molar-refractivity contribution in [3.8, 4) is 11.3 Å². The molecule has 0 amide bonds. The third-order valence-electron chi connectivity index (χ3n) is 5.36. The lowest BCUT2D eigenvalue weighted by Crippen LogP contribution is -2.10. The molecule has 2 aliphatic rings. The van der Waals surface area contributed by atoms with E-state index in [4.69, 9.17) is 5.73 Å². The Bertz CT molecular complexity index is 1010. The standard InChI is InChI=1S/C16H13F3N6/c17-16(18,19)9-4-3-8(13-14(9)23-25-22-13)12-10-6-1-2-7(5-6)11(10)15(20)24-21-12/h3-4,6-7H,1-2,5H2,(H2,20,24)(H,22,23,25). The summed E-state index contributed by atoms with van der Waals surface area (Å²) in [5.41, 5.74) is 8.26. The van der Waals surface area contributed by atoms with Gasteiger partial charge in [-0.15, -0.1) is 10.2 Å². The van der Waals surface area contributed by atoms with Crippen LogP contribution in [0.15, 0.2) is 12.1 Å². The molecule has 5 rings (SSSR count). The zero-order valence-corrected chi connectivity index (χ0v) is 12.9. The topological polar surface area (TPSA) is 93.4 Å². The first-order valence-electron chi connectivity index (χ1n) is 8.02. The summed E-state index contributed by atoms with van der Waals surface area (Å²) >= 11 is 0. The minimum atomic E-state index is -4.50. The van der Waals surface area contributed by atoms with Crippen LogP contribution in [0.1, 0.15) is 47.8 Å². The smallest absolute Gasteiger partial charge is 0.382 e. The van der Waals surface area contributed by atoms with E-state index in [1.54, 1.807) is 0 Å². The zero-order valence-electron chi connectivity index (χ0n) is 12.9. The number of nitrogen functional groups attached to an aromatic ring is 1. The van der Waals surface area contributed by atoms with E-state index in [2.05, 4.69) is 25.6 Å². The SMILES string of the molecule is Nc1nnc(-c2ccc(C(F)(F)F)c3n[nH]nc23)c2c1C1CCC2C1. The van der Waals surface area contributed by atoms with E-state index in [1.165, 1.54) is 6.07 Å². The second-order valence-corrected chi connectivity index (χ2v) is 6.65. The molecule has 2 aromatic heterocycles. The third kappa shape index (κ3) is 1.92. The minimum Gasteiger partial charge on any atom is -0.382 e. The van der Waals surface area contributed by atoms with Crippen LogP contribution in [0.5, 0.6) is 0 Å². The van der Waals surface area contributed by atoms with Gasteiger partial charge in [0.25, 0.3) is 0 Å². The molecule has 3 aromatic rings. The summed E-state index contributed by atoms with van der Waals surface area (Å²) in [5.74, 6) is 1.13. The average Bonchev–Trinajstić information content (AvgIpc) is 3.29. The van der Waals surface area contributed by atoms with Gasteiger partial charge in [0.05, 0.1) is 11.3 Å². The van der Waals surface area contributed by atoms with Crippen molar-refractivity contribution in [1.82, 2.24) is 25.6 Å². The predicted molar refractivity (Wildman–Crippen MR) is 83.7 cm³/mol. The van der Waals surface area contributed by atoms with E-state index in [-0.39, 0.29) is 11.0 Å². The second-order valence-electron chi connectivity index (χ2n) is 6.65. The van der Waals surface area contributed by atoms with Crippen LogP contribution >= 0.6 is 0 Å². The molecule has 2 bridgehead atoms. The highest BCUT2D eigenvalue weighted by atomic mass is 19.4. The molecule has 2 atom stereocenters. The fourth-order valence-electron chi connectivity index (χ4n) is 4.38. The van der Waals surface area contributed by atoms with Crippen molar-refractivity contribution in [2.75, 3.05) is 5.73 Å². The molecule has 2 aliphatic carbocycles. The van der Waals surface area contributed by atoms with E-state index in [0.717, 1.165) is 36.5 Å². The Morgan fingerprint density at radius 2 is 1.72 bits per heavy atom. The highest BCUT2D eigenvalue weighted by Gasteiger charge is 2.42. The van der Waals surface area contributed by atoms with Crippen molar-refractivity contribution in [2.24, 2.45) is 0 Å². The van der Waals surface area contributed by atoms with Gasteiger partial charge < -0.3 is 5.73 Å². The maximum atomic E-state index is 13.2. The number of aromatic nitrogens is 5. The highest BCUT2D eigenvalue weighted by Crippen LogP contribution is 2.56. The largest absolute Gasteiger partial charge is 0.418 e. The molecule has 9 heteroatoms. The van der Waals surface area contributed by atoms with Crippen molar-refractivity contribution >= 4 is 16.9 Å². The van der Waals surface area contributed by atoms with Crippen molar-refractivity contribution in [1.29, 1.82) is 0 Å². The number of alkyl halides is 3. The van der Waals surface area contributed by atoms with E-state index in [9.17, 15) is 13.2 Å². The van der Waals surface area contributed by atoms with Crippen molar-refractivity contribution in [3.05, 3.63) is 28.8 Å². The van der Waals surface area contributed by atoms with Gasteiger partial charge in [0.2, 0.25) is 0 Å². The van der Waals surface area contributed by atoms with Crippen LogP contribution in [0.4, 0.5) is 19.0 Å². The number of nitrogens with two attached hydrogens (primary N) is 1. The average molecular weight is 346 g/mol. The third-order valence-corrected chi connectivity index (χ3v) is 5.36. The molecule has 1 aromatic carbocycles. The number of nitrogens with zero attached hydrogens (tertiary/aromatic N) is 4. The Morgan fingerprint density at radius 3 is 2.48 bits per heavy atom. The number of nitrogens with one attached hydrogen (secondary N) is 1. The summed E-state index contributed by atoms with van der Waals surface area (Å²) in [5, 5.41) is 18.2. The number of benzene rings is 1. The normalized spacial score (nSPS) is 21.9. The van der Waals surface area contributed by atoms with Crippen LogP contribution in [-0.2, 0) is 6.18 Å². The fourth-order valence-corrected chi connectivity index (χ4v) is 4.38. The second kappa shape index (κ2) is 4.68. The summed E-state index contributed by atoms with van der Waals surface area (Å²) in [4.78, 5) is 0. The van der Waals surface area contributed by atoms with Gasteiger partial charge in [-0.25, -0.2) is 0 Å². The van der Waals surface area contributed by atoms with Crippen LogP contribution < -0.4 is 5.73 Å². The number of H-pyrrole nitrogens is 1. The number of hydrogen-bond donors (Lipinski definition) is 2. The zero-order chi connectivity index (χ0) is 17.3. The van der Waals surface area contributed by atoms with Gasteiger partial charge in [0.1, 0.15) is 16.9 Å². The Hall–Kier alpha value is -2.71. The van der Waals surface area contributed by atoms with Crippen molar-refractivity contribution in [2.45, 2.75) is 37.3 Å². The Kier molecular flexibility index (Phi) is 2.73. The molecule has 2 heterocycles. The van der Waals surface area contributed by atoms with Gasteiger partial charge >= 0.3 is 6.18 Å². The van der Waals surface area contributed by atoms with Crippen molar-refractivity contribution < 1.29 is 13.2 Å². The van der Waals surface area contributed by atoms with Gasteiger partial charge in [-0.1, -0.05) is 0 Å². The van der Waals surface area contributed by atoms with E-state index in [1.807, 2.05) is 0 Å². The summed E-state index contributed by atoms with van der Waals surface area (Å²) in [6.07, 6.45) is -1.39. The van der Waals surface area contributed by atoms with Gasteiger partial charge in [-0.2, -0.15) is 28.6 Å². The highest BCUT2D eigenvalue weighted by molar-refractivity contribution is 5.93. The van der Waals surface area contributed by atoms with Gasteiger partial charge in [0.15, 0.2) is 0 Å². The van der Waals surface area contributed by atoms with Crippen LogP contribution in [-0.4, -0.2) is 25.6 Å². The number of rotatable bonds is 1. The van der Waals surface area contributed by atoms with Gasteiger partial charge in [-0.05, 0) is 48.8 Å². The number of hydrogen-bond acceptors (Lipinski definition) is 5. The molecule has 0 spiro atoms. The molecule has 128 valence electrons. The molecule has 0 radical (unpaired) electrons. The Balaban J connectivity index is 1.78. The first-order valence-corrected chi connectivity index (χ1v) is 8.02. The van der Waals surface area contributed by atoms with Gasteiger partial charge in [0, 0.05) is 11.1 Å². The summed E-state index contributed by atoms with van der Waals surface area (Å²) < 4.78 is 39.6. The Labute approximate surface area is 139 Å². The molecule has 1 fully saturated rings. The Morgan fingerprint density at radius 1 is 1.00 bits per heavy atom. The monoisotopic (exact) mass is 346 g/mol. The van der Waals surface area contributed by atoms with Crippen LogP contribution in [0.3, 0.4) is 0 Å². The summed E-state index contributed by atoms with van der Waals surface area (Å²) in [6.45, 7) is 0. The molecule has 25 heavy (non-hydrogen) atoms. The van der Waals surface area contributed by atoms with Gasteiger partial charge in [-0.3, -0.25) is 0 Å². The lowest BCUT2D eigenvalue weighted by molar-refractivity contribution is -0.136. The first-order chi connectivity index (χ1) is 11.9. The lowest BCUT2D eigenvalue weighted by atomic mass is 9.89. The number of anilines is 1. The fraction of sp³-hybridized carbons (Fsp3) is 0.375. The molecule has 3 N–H and O–H groups in total. The number of halogens is 3.